The molecule has 1 amide bonds. The van der Waals surface area contributed by atoms with Crippen molar-refractivity contribution in [2.75, 3.05) is 18.9 Å². The van der Waals surface area contributed by atoms with Crippen molar-refractivity contribution >= 4 is 23.3 Å². The molecular formula is C11H16ClN3O2. The van der Waals surface area contributed by atoms with Crippen molar-refractivity contribution in [1.82, 2.24) is 9.88 Å². The van der Waals surface area contributed by atoms with E-state index in [9.17, 15) is 4.79 Å². The van der Waals surface area contributed by atoms with Crippen molar-refractivity contribution in [2.24, 2.45) is 0 Å². The zero-order chi connectivity index (χ0) is 13.0. The molecule has 0 aliphatic rings. The molecule has 0 radical (unpaired) electrons. The molecule has 5 nitrogen and oxygen atoms in total. The van der Waals surface area contributed by atoms with Crippen molar-refractivity contribution in [1.29, 1.82) is 0 Å². The molecule has 1 aromatic heterocycles. The summed E-state index contributed by atoms with van der Waals surface area (Å²) in [5.41, 5.74) is 5.64. The number of hydrogen-bond acceptors (Lipinski definition) is 4. The van der Waals surface area contributed by atoms with E-state index in [1.807, 2.05) is 13.8 Å². The van der Waals surface area contributed by atoms with Crippen LogP contribution in [0.4, 0.5) is 5.82 Å². The summed E-state index contributed by atoms with van der Waals surface area (Å²) in [5.74, 6) is -0.0863. The first-order valence-corrected chi connectivity index (χ1v) is 5.69. The van der Waals surface area contributed by atoms with E-state index in [0.29, 0.717) is 0 Å². The lowest BCUT2D eigenvalue weighted by molar-refractivity contribution is 0.0659. The fourth-order valence-corrected chi connectivity index (χ4v) is 1.63. The highest BCUT2D eigenvalue weighted by atomic mass is 35.5. The summed E-state index contributed by atoms with van der Waals surface area (Å²) >= 11 is 5.91. The second kappa shape index (κ2) is 5.84. The third-order valence-electron chi connectivity index (χ3n) is 2.30. The molecule has 1 rings (SSSR count). The molecule has 0 saturated carbocycles. The number of nitrogens with two attached hydrogens (primary N) is 1. The van der Waals surface area contributed by atoms with Crippen LogP contribution in [0.1, 0.15) is 24.3 Å². The second-order valence-electron chi connectivity index (χ2n) is 3.88. The number of hydrogen-bond donors (Lipinski definition) is 2. The van der Waals surface area contributed by atoms with Gasteiger partial charge in [-0.15, -0.1) is 0 Å². The van der Waals surface area contributed by atoms with E-state index >= 15 is 0 Å². The third kappa shape index (κ3) is 3.31. The van der Waals surface area contributed by atoms with Gasteiger partial charge in [0.2, 0.25) is 0 Å². The highest BCUT2D eigenvalue weighted by molar-refractivity contribution is 6.33. The van der Waals surface area contributed by atoms with Gasteiger partial charge in [0, 0.05) is 12.6 Å². The van der Waals surface area contributed by atoms with Gasteiger partial charge in [-0.3, -0.25) is 4.79 Å². The first-order valence-electron chi connectivity index (χ1n) is 5.31. The van der Waals surface area contributed by atoms with Gasteiger partial charge in [0.25, 0.3) is 5.91 Å². The summed E-state index contributed by atoms with van der Waals surface area (Å²) in [4.78, 5) is 17.6. The lowest BCUT2D eigenvalue weighted by Gasteiger charge is -2.25. The Morgan fingerprint density at radius 2 is 2.24 bits per heavy atom. The van der Waals surface area contributed by atoms with E-state index in [1.54, 1.807) is 0 Å². The van der Waals surface area contributed by atoms with Crippen LogP contribution in [0, 0.1) is 0 Å². The molecule has 94 valence electrons. The predicted molar refractivity (Wildman–Crippen MR) is 66.9 cm³/mol. The number of aromatic nitrogens is 1. The number of carbonyl (C=O) groups excluding carboxylic acids is 1. The zero-order valence-electron chi connectivity index (χ0n) is 9.85. The summed E-state index contributed by atoms with van der Waals surface area (Å²) in [6.45, 7) is 3.84. The standard InChI is InChI=1S/C11H16ClN3O2/c1-7(2)15(5-6-16)11(17)10-8(12)3-4-9(13)14-10/h3-4,7,16H,5-6H2,1-2H3,(H2,13,14). The van der Waals surface area contributed by atoms with E-state index in [0.717, 1.165) is 0 Å². The minimum atomic E-state index is -0.327. The average molecular weight is 258 g/mol. The lowest BCUT2D eigenvalue weighted by Crippen LogP contribution is -2.39. The number of pyridine rings is 1. The molecule has 1 aromatic rings. The van der Waals surface area contributed by atoms with Gasteiger partial charge in [-0.2, -0.15) is 0 Å². The molecule has 0 aliphatic heterocycles. The smallest absolute Gasteiger partial charge is 0.274 e. The van der Waals surface area contributed by atoms with Crippen LogP contribution in [0.2, 0.25) is 5.02 Å². The van der Waals surface area contributed by atoms with Crippen LogP contribution >= 0.6 is 11.6 Å². The van der Waals surface area contributed by atoms with Crippen LogP contribution in [0.3, 0.4) is 0 Å². The fourth-order valence-electron chi connectivity index (χ4n) is 1.45. The summed E-state index contributed by atoms with van der Waals surface area (Å²) in [6.07, 6.45) is 0. The van der Waals surface area contributed by atoms with E-state index in [1.165, 1.54) is 17.0 Å². The summed E-state index contributed by atoms with van der Waals surface area (Å²) < 4.78 is 0. The number of aliphatic hydroxyl groups is 1. The van der Waals surface area contributed by atoms with Gasteiger partial charge in [0.1, 0.15) is 11.5 Å². The van der Waals surface area contributed by atoms with Gasteiger partial charge in [-0.25, -0.2) is 4.98 Å². The maximum atomic E-state index is 12.2. The number of nitrogens with zero attached hydrogens (tertiary/aromatic N) is 2. The van der Waals surface area contributed by atoms with Crippen LogP contribution in [0.15, 0.2) is 12.1 Å². The lowest BCUT2D eigenvalue weighted by atomic mass is 10.2. The van der Waals surface area contributed by atoms with Gasteiger partial charge in [0.15, 0.2) is 0 Å². The van der Waals surface area contributed by atoms with Crippen molar-refractivity contribution < 1.29 is 9.90 Å². The molecule has 0 saturated heterocycles. The number of aliphatic hydroxyl groups excluding tert-OH is 1. The molecule has 0 spiro atoms. The molecule has 0 atom stereocenters. The van der Waals surface area contributed by atoms with Gasteiger partial charge >= 0.3 is 0 Å². The van der Waals surface area contributed by atoms with Gasteiger partial charge in [-0.05, 0) is 26.0 Å². The Balaban J connectivity index is 3.04. The number of halogens is 1. The van der Waals surface area contributed by atoms with Gasteiger partial charge in [-0.1, -0.05) is 11.6 Å². The monoisotopic (exact) mass is 257 g/mol. The second-order valence-corrected chi connectivity index (χ2v) is 4.29. The van der Waals surface area contributed by atoms with E-state index < -0.39 is 0 Å². The highest BCUT2D eigenvalue weighted by Crippen LogP contribution is 2.18. The van der Waals surface area contributed by atoms with Crippen LogP contribution in [0.5, 0.6) is 0 Å². The topological polar surface area (TPSA) is 79.5 Å². The number of amides is 1. The van der Waals surface area contributed by atoms with E-state index in [-0.39, 0.29) is 41.6 Å². The van der Waals surface area contributed by atoms with Crippen molar-refractivity contribution in [3.8, 4) is 0 Å². The number of carbonyl (C=O) groups is 1. The number of rotatable bonds is 4. The Hall–Kier alpha value is -1.33. The molecule has 0 unspecified atom stereocenters. The minimum Gasteiger partial charge on any atom is -0.395 e. The first kappa shape index (κ1) is 13.7. The molecule has 1 heterocycles. The third-order valence-corrected chi connectivity index (χ3v) is 2.60. The summed E-state index contributed by atoms with van der Waals surface area (Å²) in [7, 11) is 0. The SMILES string of the molecule is CC(C)N(CCO)C(=O)c1nc(N)ccc1Cl. The Bertz CT molecular complexity index is 410. The van der Waals surface area contributed by atoms with Gasteiger partial charge < -0.3 is 15.7 Å². The van der Waals surface area contributed by atoms with Crippen molar-refractivity contribution in [3.63, 3.8) is 0 Å². The van der Waals surface area contributed by atoms with Crippen LogP contribution in [0.25, 0.3) is 0 Å². The van der Waals surface area contributed by atoms with Crippen LogP contribution in [-0.4, -0.2) is 40.1 Å². The Kier molecular flexibility index (Phi) is 4.72. The summed E-state index contributed by atoms with van der Waals surface area (Å²) in [6, 6.07) is 3.02. The maximum Gasteiger partial charge on any atom is 0.274 e. The first-order chi connectivity index (χ1) is 7.97. The zero-order valence-corrected chi connectivity index (χ0v) is 10.6. The van der Waals surface area contributed by atoms with E-state index in [4.69, 9.17) is 22.4 Å². The molecular weight excluding hydrogens is 242 g/mol. The maximum absolute atomic E-state index is 12.2. The highest BCUT2D eigenvalue weighted by Gasteiger charge is 2.22. The molecule has 0 fully saturated rings. The molecule has 3 N–H and O–H groups in total. The molecule has 0 aromatic carbocycles. The minimum absolute atomic E-state index is 0.0473. The number of anilines is 1. The molecule has 0 aliphatic carbocycles. The van der Waals surface area contributed by atoms with Gasteiger partial charge in [0.05, 0.1) is 11.6 Å². The van der Waals surface area contributed by atoms with Crippen LogP contribution < -0.4 is 5.73 Å². The van der Waals surface area contributed by atoms with Crippen molar-refractivity contribution in [3.05, 3.63) is 22.8 Å². The van der Waals surface area contributed by atoms with Crippen LogP contribution in [-0.2, 0) is 0 Å². The molecule has 0 bridgehead atoms. The Morgan fingerprint density at radius 3 is 2.76 bits per heavy atom. The Morgan fingerprint density at radius 1 is 1.59 bits per heavy atom. The van der Waals surface area contributed by atoms with E-state index in [2.05, 4.69) is 4.98 Å². The number of nitrogen functional groups attached to an aromatic ring is 1. The quantitative estimate of drug-likeness (QED) is 0.848. The largest absolute Gasteiger partial charge is 0.395 e. The molecule has 6 heteroatoms. The van der Waals surface area contributed by atoms with Crippen molar-refractivity contribution in [2.45, 2.75) is 19.9 Å². The normalized spacial score (nSPS) is 10.6. The predicted octanol–water partition coefficient (Wildman–Crippen LogP) is 1.16. The Labute approximate surface area is 105 Å². The average Bonchev–Trinajstić information content (AvgIpc) is 2.28. The summed E-state index contributed by atoms with van der Waals surface area (Å²) in [5, 5.41) is 9.19. The molecule has 17 heavy (non-hydrogen) atoms. The fraction of sp³-hybridized carbons (Fsp3) is 0.455.